The Hall–Kier alpha value is -6.64. The molecule has 0 saturated heterocycles. The summed E-state index contributed by atoms with van der Waals surface area (Å²) in [7, 11) is 0. The fraction of sp³-hybridized carbons (Fsp3) is 0.143. The second kappa shape index (κ2) is 19.0. The van der Waals surface area contributed by atoms with Crippen LogP contribution in [0.1, 0.15) is 67.0 Å². The van der Waals surface area contributed by atoms with Gasteiger partial charge in [0.2, 0.25) is 0 Å². The highest BCUT2D eigenvalue weighted by molar-refractivity contribution is 5.90. The maximum atomic E-state index is 7.14. The van der Waals surface area contributed by atoms with Gasteiger partial charge in [-0.15, -0.1) is 0 Å². The van der Waals surface area contributed by atoms with Crippen LogP contribution in [0, 0.1) is 0 Å². The van der Waals surface area contributed by atoms with E-state index in [4.69, 9.17) is 5.73 Å². The van der Waals surface area contributed by atoms with Gasteiger partial charge in [-0.3, -0.25) is 0 Å². The van der Waals surface area contributed by atoms with Gasteiger partial charge in [0.15, 0.2) is 0 Å². The quantitative estimate of drug-likeness (QED) is 0.102. The fourth-order valence-corrected chi connectivity index (χ4v) is 7.82. The van der Waals surface area contributed by atoms with E-state index in [1.165, 1.54) is 43.8 Å². The third-order valence-corrected chi connectivity index (χ3v) is 10.9. The van der Waals surface area contributed by atoms with Crippen LogP contribution in [-0.4, -0.2) is 6.54 Å². The number of rotatable bonds is 11. The number of allylic oxidation sites excluding steroid dienone is 11. The van der Waals surface area contributed by atoms with Crippen molar-refractivity contribution in [3.63, 3.8) is 0 Å². The average Bonchev–Trinajstić information content (AvgIpc) is 3.28. The fourth-order valence-electron chi connectivity index (χ4n) is 7.82. The van der Waals surface area contributed by atoms with Gasteiger partial charge in [0.1, 0.15) is 0 Å². The highest BCUT2D eigenvalue weighted by Crippen LogP contribution is 2.36. The van der Waals surface area contributed by atoms with Crippen LogP contribution in [0.3, 0.4) is 0 Å². The molecule has 2 aliphatic rings. The molecule has 2 heteroatoms. The second-order valence-electron chi connectivity index (χ2n) is 14.7. The van der Waals surface area contributed by atoms with Crippen molar-refractivity contribution < 1.29 is 0 Å². The first-order valence-electron chi connectivity index (χ1n) is 20.7. The predicted octanol–water partition coefficient (Wildman–Crippen LogP) is 14.2. The molecule has 0 aromatic heterocycles. The van der Waals surface area contributed by atoms with Crippen LogP contribution in [0.5, 0.6) is 0 Å². The summed E-state index contributed by atoms with van der Waals surface area (Å²) in [5.74, 6) is 0. The lowest BCUT2D eigenvalue weighted by Gasteiger charge is -2.25. The number of fused-ring (bicyclic) bond motifs is 2. The average molecular weight is 755 g/mol. The summed E-state index contributed by atoms with van der Waals surface area (Å²) < 4.78 is 0. The normalized spacial score (nSPS) is 14.4. The lowest BCUT2D eigenvalue weighted by molar-refractivity contribution is 0.840. The van der Waals surface area contributed by atoms with Crippen LogP contribution in [0.4, 0.5) is 5.69 Å². The Bertz CT molecular complexity index is 2650. The van der Waals surface area contributed by atoms with Gasteiger partial charge < -0.3 is 11.1 Å². The Morgan fingerprint density at radius 2 is 1.26 bits per heavy atom. The van der Waals surface area contributed by atoms with Gasteiger partial charge in [0.25, 0.3) is 0 Å². The third kappa shape index (κ3) is 9.31. The van der Waals surface area contributed by atoms with Crippen LogP contribution in [-0.2, 0) is 12.8 Å². The van der Waals surface area contributed by atoms with E-state index in [9.17, 15) is 0 Å². The smallest absolute Gasteiger partial charge is 0.0423 e. The molecule has 1 aliphatic carbocycles. The molecule has 3 N–H and O–H groups in total. The van der Waals surface area contributed by atoms with Crippen molar-refractivity contribution in [2.75, 3.05) is 12.3 Å². The molecule has 6 aromatic rings. The van der Waals surface area contributed by atoms with E-state index in [1.54, 1.807) is 0 Å². The summed E-state index contributed by atoms with van der Waals surface area (Å²) in [4.78, 5) is 0. The molecule has 1 aliphatic heterocycles. The number of hydrogen-bond donors (Lipinski definition) is 2. The van der Waals surface area contributed by atoms with E-state index in [0.717, 1.165) is 82.6 Å². The van der Waals surface area contributed by atoms with Crippen molar-refractivity contribution in [2.24, 2.45) is 0 Å². The van der Waals surface area contributed by atoms with Crippen molar-refractivity contribution in [3.05, 3.63) is 239 Å². The lowest BCUT2D eigenvalue weighted by Crippen LogP contribution is -2.23. The van der Waals surface area contributed by atoms with Gasteiger partial charge in [0, 0.05) is 29.1 Å². The van der Waals surface area contributed by atoms with E-state index >= 15 is 0 Å². The number of nitrogens with one attached hydrogen (secondary N) is 1. The number of dihydropyridines is 1. The summed E-state index contributed by atoms with van der Waals surface area (Å²) in [5, 5.41) is 8.78. The highest BCUT2D eigenvalue weighted by Gasteiger charge is 2.19. The summed E-state index contributed by atoms with van der Waals surface area (Å²) in [6.45, 7) is 11.1. The molecule has 0 fully saturated rings. The lowest BCUT2D eigenvalue weighted by atomic mass is 9.88. The first kappa shape index (κ1) is 39.6. The van der Waals surface area contributed by atoms with E-state index in [2.05, 4.69) is 176 Å². The molecule has 0 saturated carbocycles. The topological polar surface area (TPSA) is 38.0 Å². The number of nitrogen functional groups attached to an aromatic ring is 1. The standard InChI is InChI=1S/C54H48N2.C2H6/c1-3-4-5-12-38(2)41-25-27-44(28-26-41)50(30-21-39-19-23-42-13-6-8-15-45(42)33-39)48-29-32-51(53(55)35-48)52(54-36-47-17-10-11-18-49(47)37-56-54)31-22-40-20-24-43-14-7-9-16-46(43)34-40;1-2/h3-9,11-16,18-20,23-36,56H,2,10,17,21-22,37,55H2,1H3;1-2H3/b4-3-,12-5-,50-30-,52-31+;. The molecule has 0 atom stereocenters. The summed E-state index contributed by atoms with van der Waals surface area (Å²) >= 11 is 0. The first-order valence-corrected chi connectivity index (χ1v) is 20.7. The number of anilines is 1. The maximum Gasteiger partial charge on any atom is 0.0423 e. The van der Waals surface area contributed by atoms with Crippen LogP contribution in [0.25, 0.3) is 38.3 Å². The maximum absolute atomic E-state index is 7.14. The van der Waals surface area contributed by atoms with E-state index in [0.29, 0.717) is 0 Å². The predicted molar refractivity (Wildman–Crippen MR) is 253 cm³/mol. The molecule has 0 radical (unpaired) electrons. The minimum atomic E-state index is 0.758. The van der Waals surface area contributed by atoms with E-state index < -0.39 is 0 Å². The van der Waals surface area contributed by atoms with E-state index in [-0.39, 0.29) is 0 Å². The highest BCUT2D eigenvalue weighted by atomic mass is 14.9. The Balaban J connectivity index is 0.00000252. The van der Waals surface area contributed by atoms with Gasteiger partial charge in [-0.25, -0.2) is 0 Å². The number of nitrogens with two attached hydrogens (primary N) is 1. The Morgan fingerprint density at radius 1 is 0.655 bits per heavy atom. The van der Waals surface area contributed by atoms with Crippen LogP contribution in [0.2, 0.25) is 0 Å². The molecule has 0 spiro atoms. The van der Waals surface area contributed by atoms with Crippen LogP contribution >= 0.6 is 0 Å². The van der Waals surface area contributed by atoms with Gasteiger partial charge in [-0.1, -0.05) is 190 Å². The van der Waals surface area contributed by atoms with Crippen LogP contribution < -0.4 is 11.1 Å². The van der Waals surface area contributed by atoms with Crippen molar-refractivity contribution in [1.29, 1.82) is 0 Å². The minimum absolute atomic E-state index is 0.758. The molecular weight excluding hydrogens is 701 g/mol. The zero-order valence-electron chi connectivity index (χ0n) is 34.1. The molecular formula is C56H54N2. The number of hydrogen-bond acceptors (Lipinski definition) is 2. The second-order valence-corrected chi connectivity index (χ2v) is 14.7. The van der Waals surface area contributed by atoms with Crippen molar-refractivity contribution >= 4 is 44.0 Å². The molecule has 0 amide bonds. The minimum Gasteiger partial charge on any atom is -0.398 e. The summed E-state index contributed by atoms with van der Waals surface area (Å²) in [6.07, 6.45) is 23.4. The van der Waals surface area contributed by atoms with Crippen molar-refractivity contribution in [3.8, 4) is 0 Å². The first-order chi connectivity index (χ1) is 28.5. The van der Waals surface area contributed by atoms with Gasteiger partial charge in [-0.2, -0.15) is 0 Å². The van der Waals surface area contributed by atoms with Gasteiger partial charge in [0.05, 0.1) is 0 Å². The van der Waals surface area contributed by atoms with Gasteiger partial charge >= 0.3 is 0 Å². The molecule has 6 aromatic carbocycles. The largest absolute Gasteiger partial charge is 0.398 e. The molecule has 58 heavy (non-hydrogen) atoms. The molecule has 288 valence electrons. The Morgan fingerprint density at radius 3 is 1.90 bits per heavy atom. The third-order valence-electron chi connectivity index (χ3n) is 10.9. The Kier molecular flexibility index (Phi) is 13.0. The monoisotopic (exact) mass is 754 g/mol. The summed E-state index contributed by atoms with van der Waals surface area (Å²) in [5.41, 5.74) is 22.0. The van der Waals surface area contributed by atoms with Crippen molar-refractivity contribution in [2.45, 2.75) is 46.5 Å². The van der Waals surface area contributed by atoms with Gasteiger partial charge in [-0.05, 0) is 116 Å². The molecule has 0 bridgehead atoms. The van der Waals surface area contributed by atoms with E-state index in [1.807, 2.05) is 39.0 Å². The molecule has 2 nitrogen and oxygen atoms in total. The summed E-state index contributed by atoms with van der Waals surface area (Å²) in [6, 6.07) is 46.0. The molecule has 8 rings (SSSR count). The Labute approximate surface area is 345 Å². The molecule has 0 unspecified atom stereocenters. The molecule has 1 heterocycles. The zero-order chi connectivity index (χ0) is 40.3. The zero-order valence-corrected chi connectivity index (χ0v) is 34.1. The number of benzene rings is 6. The van der Waals surface area contributed by atoms with Crippen LogP contribution in [0.15, 0.2) is 206 Å². The SMILES string of the molecule is C=C(/C=C\C=C/C)c1ccc(/C(=C/Cc2ccc3ccccc3c2)c2ccc(/C(=C\Cc3ccc4ccccc4c3)C3=CC4=C(C=CCC4)CN3)c(N)c2)cc1.CC. The van der Waals surface area contributed by atoms with Crippen molar-refractivity contribution in [1.82, 2.24) is 5.32 Å².